The number of hydrogen-bond donors (Lipinski definition) is 1. The number of alkyl halides is 2. The second kappa shape index (κ2) is 5.21. The van der Waals surface area contributed by atoms with E-state index in [1.807, 2.05) is 19.9 Å². The summed E-state index contributed by atoms with van der Waals surface area (Å²) in [7, 11) is 1.77. The third-order valence-corrected chi connectivity index (χ3v) is 2.30. The molecule has 1 rings (SSSR count). The standard InChI is InChI=1S/C10H17F2N3/c1-4-13-9(10(11)12)6-8-5-7(2)14-15(8)3/h5,9-10,13H,4,6H2,1-3H3. The molecule has 0 saturated heterocycles. The van der Waals surface area contributed by atoms with E-state index < -0.39 is 12.5 Å². The fourth-order valence-electron chi connectivity index (χ4n) is 1.59. The highest BCUT2D eigenvalue weighted by molar-refractivity contribution is 5.10. The van der Waals surface area contributed by atoms with Crippen molar-refractivity contribution in [1.82, 2.24) is 15.1 Å². The first-order valence-corrected chi connectivity index (χ1v) is 5.05. The topological polar surface area (TPSA) is 29.9 Å². The van der Waals surface area contributed by atoms with Crippen molar-refractivity contribution in [3.8, 4) is 0 Å². The Bertz CT molecular complexity index is 310. The van der Waals surface area contributed by atoms with Crippen molar-refractivity contribution in [2.75, 3.05) is 6.54 Å². The predicted molar refractivity (Wildman–Crippen MR) is 55.1 cm³/mol. The highest BCUT2D eigenvalue weighted by atomic mass is 19.3. The monoisotopic (exact) mass is 217 g/mol. The van der Waals surface area contributed by atoms with Crippen LogP contribution in [0.4, 0.5) is 8.78 Å². The summed E-state index contributed by atoms with van der Waals surface area (Å²) in [6.45, 7) is 4.23. The van der Waals surface area contributed by atoms with Crippen LogP contribution in [0.25, 0.3) is 0 Å². The van der Waals surface area contributed by atoms with Crippen LogP contribution in [0.3, 0.4) is 0 Å². The van der Waals surface area contributed by atoms with Crippen molar-refractivity contribution < 1.29 is 8.78 Å². The van der Waals surface area contributed by atoms with Crippen molar-refractivity contribution >= 4 is 0 Å². The summed E-state index contributed by atoms with van der Waals surface area (Å²) in [5.74, 6) is 0. The quantitative estimate of drug-likeness (QED) is 0.810. The van der Waals surface area contributed by atoms with Crippen LogP contribution in [0.5, 0.6) is 0 Å². The molecule has 0 aliphatic carbocycles. The molecular formula is C10H17F2N3. The summed E-state index contributed by atoms with van der Waals surface area (Å²) in [6, 6.07) is 1.05. The zero-order chi connectivity index (χ0) is 11.4. The van der Waals surface area contributed by atoms with E-state index in [1.165, 1.54) is 0 Å². The van der Waals surface area contributed by atoms with Gasteiger partial charge in [-0.1, -0.05) is 6.92 Å². The molecular weight excluding hydrogens is 200 g/mol. The Balaban J connectivity index is 2.69. The van der Waals surface area contributed by atoms with Gasteiger partial charge < -0.3 is 5.32 Å². The number of nitrogens with zero attached hydrogens (tertiary/aromatic N) is 2. The molecule has 0 spiro atoms. The Kier molecular flexibility index (Phi) is 4.20. The second-order valence-electron chi connectivity index (χ2n) is 3.60. The van der Waals surface area contributed by atoms with Crippen molar-refractivity contribution in [3.63, 3.8) is 0 Å². The van der Waals surface area contributed by atoms with Crippen molar-refractivity contribution in [2.45, 2.75) is 32.7 Å². The van der Waals surface area contributed by atoms with Gasteiger partial charge in [-0.25, -0.2) is 8.78 Å². The maximum atomic E-state index is 12.6. The van der Waals surface area contributed by atoms with E-state index in [0.29, 0.717) is 13.0 Å². The predicted octanol–water partition coefficient (Wildman–Crippen LogP) is 1.51. The van der Waals surface area contributed by atoms with Gasteiger partial charge in [0.15, 0.2) is 0 Å². The van der Waals surface area contributed by atoms with Crippen LogP contribution in [-0.4, -0.2) is 28.8 Å². The van der Waals surface area contributed by atoms with Gasteiger partial charge in [-0.3, -0.25) is 4.68 Å². The van der Waals surface area contributed by atoms with Gasteiger partial charge in [0.1, 0.15) is 0 Å². The second-order valence-corrected chi connectivity index (χ2v) is 3.60. The first kappa shape index (κ1) is 12.1. The lowest BCUT2D eigenvalue weighted by Gasteiger charge is -2.16. The first-order chi connectivity index (χ1) is 7.04. The highest BCUT2D eigenvalue weighted by Crippen LogP contribution is 2.10. The van der Waals surface area contributed by atoms with Crippen molar-refractivity contribution in [3.05, 3.63) is 17.5 Å². The van der Waals surface area contributed by atoms with Gasteiger partial charge in [-0.2, -0.15) is 5.10 Å². The first-order valence-electron chi connectivity index (χ1n) is 5.05. The molecule has 0 bridgehead atoms. The lowest BCUT2D eigenvalue weighted by Crippen LogP contribution is -2.37. The maximum Gasteiger partial charge on any atom is 0.254 e. The molecule has 1 heterocycles. The van der Waals surface area contributed by atoms with E-state index in [0.717, 1.165) is 11.4 Å². The van der Waals surface area contributed by atoms with E-state index in [2.05, 4.69) is 10.4 Å². The van der Waals surface area contributed by atoms with E-state index in [9.17, 15) is 8.78 Å². The zero-order valence-corrected chi connectivity index (χ0v) is 9.30. The maximum absolute atomic E-state index is 12.6. The van der Waals surface area contributed by atoms with Gasteiger partial charge in [0.2, 0.25) is 0 Å². The molecule has 3 nitrogen and oxygen atoms in total. The number of nitrogens with one attached hydrogen (secondary N) is 1. The van der Waals surface area contributed by atoms with E-state index >= 15 is 0 Å². The van der Waals surface area contributed by atoms with Gasteiger partial charge in [0.25, 0.3) is 6.43 Å². The van der Waals surface area contributed by atoms with Crippen LogP contribution in [0.15, 0.2) is 6.07 Å². The molecule has 0 aromatic carbocycles. The van der Waals surface area contributed by atoms with Crippen LogP contribution in [0.1, 0.15) is 18.3 Å². The average Bonchev–Trinajstić information content (AvgIpc) is 2.44. The SMILES string of the molecule is CCNC(Cc1cc(C)nn1C)C(F)F. The number of halogens is 2. The Morgan fingerprint density at radius 2 is 2.20 bits per heavy atom. The molecule has 0 saturated carbocycles. The minimum Gasteiger partial charge on any atom is -0.309 e. The number of aryl methyl sites for hydroxylation is 2. The largest absolute Gasteiger partial charge is 0.309 e. The molecule has 5 heteroatoms. The number of rotatable bonds is 5. The zero-order valence-electron chi connectivity index (χ0n) is 9.30. The van der Waals surface area contributed by atoms with Crippen LogP contribution in [0, 0.1) is 6.92 Å². The normalized spacial score (nSPS) is 13.5. The molecule has 86 valence electrons. The van der Waals surface area contributed by atoms with Crippen molar-refractivity contribution in [2.24, 2.45) is 7.05 Å². The summed E-state index contributed by atoms with van der Waals surface area (Å²) >= 11 is 0. The van der Waals surface area contributed by atoms with E-state index in [1.54, 1.807) is 11.7 Å². The highest BCUT2D eigenvalue weighted by Gasteiger charge is 2.20. The van der Waals surface area contributed by atoms with E-state index in [4.69, 9.17) is 0 Å². The summed E-state index contributed by atoms with van der Waals surface area (Å²) in [6.07, 6.45) is -2.04. The molecule has 0 aliphatic rings. The lowest BCUT2D eigenvalue weighted by molar-refractivity contribution is 0.0982. The number of hydrogen-bond acceptors (Lipinski definition) is 2. The van der Waals surface area contributed by atoms with Gasteiger partial charge in [0.05, 0.1) is 11.7 Å². The Morgan fingerprint density at radius 1 is 1.53 bits per heavy atom. The molecule has 15 heavy (non-hydrogen) atoms. The minimum atomic E-state index is -2.35. The molecule has 1 N–H and O–H groups in total. The molecule has 1 atom stereocenters. The fraction of sp³-hybridized carbons (Fsp3) is 0.700. The number of aromatic nitrogens is 2. The summed E-state index contributed by atoms with van der Waals surface area (Å²) in [5.41, 5.74) is 1.69. The van der Waals surface area contributed by atoms with Gasteiger partial charge in [0, 0.05) is 19.2 Å². The molecule has 1 aromatic heterocycles. The summed E-state index contributed by atoms with van der Waals surface area (Å²) in [4.78, 5) is 0. The van der Waals surface area contributed by atoms with Gasteiger partial charge >= 0.3 is 0 Å². The fourth-order valence-corrected chi connectivity index (χ4v) is 1.59. The Labute approximate surface area is 88.5 Å². The van der Waals surface area contributed by atoms with Crippen molar-refractivity contribution in [1.29, 1.82) is 0 Å². The molecule has 1 aromatic rings. The van der Waals surface area contributed by atoms with Crippen LogP contribution in [-0.2, 0) is 13.5 Å². The third-order valence-electron chi connectivity index (χ3n) is 2.30. The summed E-state index contributed by atoms with van der Waals surface area (Å²) < 4.78 is 26.9. The number of likely N-dealkylation sites (N-methyl/N-ethyl adjacent to an activating group) is 1. The third kappa shape index (κ3) is 3.27. The van der Waals surface area contributed by atoms with Crippen LogP contribution in [0.2, 0.25) is 0 Å². The molecule has 0 amide bonds. The molecule has 1 unspecified atom stereocenters. The summed E-state index contributed by atoms with van der Waals surface area (Å²) in [5, 5.41) is 6.90. The molecule has 0 fully saturated rings. The van der Waals surface area contributed by atoms with Crippen LogP contribution < -0.4 is 5.32 Å². The van der Waals surface area contributed by atoms with Crippen LogP contribution >= 0.6 is 0 Å². The van der Waals surface area contributed by atoms with Gasteiger partial charge in [-0.15, -0.1) is 0 Å². The Hall–Kier alpha value is -0.970. The van der Waals surface area contributed by atoms with E-state index in [-0.39, 0.29) is 0 Å². The Morgan fingerprint density at radius 3 is 2.60 bits per heavy atom. The smallest absolute Gasteiger partial charge is 0.254 e. The van der Waals surface area contributed by atoms with Gasteiger partial charge in [-0.05, 0) is 19.5 Å². The average molecular weight is 217 g/mol. The lowest BCUT2D eigenvalue weighted by atomic mass is 10.1. The molecule has 0 aliphatic heterocycles. The molecule has 0 radical (unpaired) electrons. The minimum absolute atomic E-state index is 0.308.